The van der Waals surface area contributed by atoms with E-state index in [0.29, 0.717) is 5.75 Å². The molecule has 4 nitrogen and oxygen atoms in total. The van der Waals surface area contributed by atoms with Crippen LogP contribution < -0.4 is 0 Å². The molecule has 0 aromatic heterocycles. The van der Waals surface area contributed by atoms with Crippen LogP contribution in [0.15, 0.2) is 0 Å². The molecule has 2 rings (SSSR count). The van der Waals surface area contributed by atoms with Gasteiger partial charge in [0.2, 0.25) is 0 Å². The van der Waals surface area contributed by atoms with Crippen LogP contribution in [0.4, 0.5) is 0 Å². The molecule has 1 aliphatic carbocycles. The zero-order valence-corrected chi connectivity index (χ0v) is 8.18. The fraction of sp³-hybridized carbons (Fsp3) is 0.714. The van der Waals surface area contributed by atoms with Crippen molar-refractivity contribution in [1.29, 1.82) is 0 Å². The molecule has 1 heterocycles. The van der Waals surface area contributed by atoms with Crippen LogP contribution in [0.3, 0.4) is 0 Å². The summed E-state index contributed by atoms with van der Waals surface area (Å²) in [6.07, 6.45) is 0. The summed E-state index contributed by atoms with van der Waals surface area (Å²) >= 11 is 1.48. The van der Waals surface area contributed by atoms with Crippen LogP contribution >= 0.6 is 24.2 Å². The number of thioether (sulfide) groups is 1. The fourth-order valence-corrected chi connectivity index (χ4v) is 3.66. The minimum atomic E-state index is -0.848. The maximum atomic E-state index is 10.6. The molecule has 0 aromatic rings. The molecule has 2 aliphatic rings. The van der Waals surface area contributed by atoms with Crippen molar-refractivity contribution in [3.05, 3.63) is 0 Å². The molecular weight excluding hydrogens is 216 g/mol. The first-order chi connectivity index (χ1) is 5.63. The molecule has 0 aromatic carbocycles. The molecular formula is C7H9ClO4S. The highest BCUT2D eigenvalue weighted by Gasteiger charge is 2.64. The Hall–Kier alpha value is -0.420. The number of rotatable bonds is 2. The summed E-state index contributed by atoms with van der Waals surface area (Å²) in [5, 5.41) is 17.4. The summed E-state index contributed by atoms with van der Waals surface area (Å²) in [7, 11) is 0. The first-order valence-corrected chi connectivity index (χ1v) is 4.75. The second-order valence-electron chi connectivity index (χ2n) is 3.18. The normalized spacial score (nSPS) is 40.3. The summed E-state index contributed by atoms with van der Waals surface area (Å²) in [6, 6.07) is 0. The first-order valence-electron chi connectivity index (χ1n) is 3.70. The lowest BCUT2D eigenvalue weighted by Crippen LogP contribution is -2.19. The van der Waals surface area contributed by atoms with Gasteiger partial charge in [-0.1, -0.05) is 0 Å². The molecule has 2 fully saturated rings. The Morgan fingerprint density at radius 1 is 1.23 bits per heavy atom. The highest BCUT2D eigenvalue weighted by atomic mass is 35.5. The van der Waals surface area contributed by atoms with Crippen molar-refractivity contribution < 1.29 is 19.8 Å². The van der Waals surface area contributed by atoms with Gasteiger partial charge in [-0.25, -0.2) is 0 Å². The summed E-state index contributed by atoms with van der Waals surface area (Å²) in [6.45, 7) is 0. The average molecular weight is 225 g/mol. The van der Waals surface area contributed by atoms with Crippen molar-refractivity contribution in [2.75, 3.05) is 5.75 Å². The number of halogens is 1. The van der Waals surface area contributed by atoms with Crippen molar-refractivity contribution in [3.8, 4) is 0 Å². The standard InChI is InChI=1S/C7H8O4S.ClH/c8-6(9)2-1-12-5-3(2)4(5)7(10)11;/h2-5H,1H2,(H,8,9)(H,10,11);1H. The van der Waals surface area contributed by atoms with Gasteiger partial charge >= 0.3 is 11.9 Å². The van der Waals surface area contributed by atoms with Crippen LogP contribution in [0.5, 0.6) is 0 Å². The van der Waals surface area contributed by atoms with Gasteiger partial charge in [0.25, 0.3) is 0 Å². The molecule has 2 N–H and O–H groups in total. The number of carbonyl (C=O) groups is 2. The van der Waals surface area contributed by atoms with E-state index in [0.717, 1.165) is 0 Å². The SMILES string of the molecule is Cl.O=C(O)C1CSC2C(C(=O)O)C12. The predicted molar refractivity (Wildman–Crippen MR) is 49.2 cm³/mol. The first kappa shape index (κ1) is 10.7. The molecule has 1 saturated heterocycles. The van der Waals surface area contributed by atoms with Gasteiger partial charge in [0.1, 0.15) is 0 Å². The Balaban J connectivity index is 0.000000845. The Morgan fingerprint density at radius 2 is 1.85 bits per heavy atom. The molecule has 6 heteroatoms. The molecule has 0 radical (unpaired) electrons. The van der Waals surface area contributed by atoms with E-state index in [1.54, 1.807) is 0 Å². The van der Waals surface area contributed by atoms with E-state index < -0.39 is 23.8 Å². The highest BCUT2D eigenvalue weighted by Crippen LogP contribution is 2.59. The minimum absolute atomic E-state index is 0. The van der Waals surface area contributed by atoms with E-state index in [-0.39, 0.29) is 23.6 Å². The van der Waals surface area contributed by atoms with Crippen molar-refractivity contribution in [1.82, 2.24) is 0 Å². The molecule has 0 bridgehead atoms. The third-order valence-corrected chi connectivity index (χ3v) is 4.09. The van der Waals surface area contributed by atoms with Gasteiger partial charge in [0.05, 0.1) is 11.8 Å². The molecule has 74 valence electrons. The number of hydrogen-bond acceptors (Lipinski definition) is 3. The summed E-state index contributed by atoms with van der Waals surface area (Å²) in [5.74, 6) is -2.05. The quantitative estimate of drug-likeness (QED) is 0.717. The average Bonchev–Trinajstić information content (AvgIpc) is 2.52. The Morgan fingerprint density at radius 3 is 2.23 bits per heavy atom. The zero-order valence-electron chi connectivity index (χ0n) is 6.54. The van der Waals surface area contributed by atoms with E-state index in [2.05, 4.69) is 0 Å². The highest BCUT2D eigenvalue weighted by molar-refractivity contribution is 8.00. The van der Waals surface area contributed by atoms with Crippen LogP contribution in [0, 0.1) is 17.8 Å². The van der Waals surface area contributed by atoms with Gasteiger partial charge in [0.15, 0.2) is 0 Å². The zero-order chi connectivity index (χ0) is 8.88. The monoisotopic (exact) mass is 224 g/mol. The lowest BCUT2D eigenvalue weighted by atomic mass is 10.1. The van der Waals surface area contributed by atoms with Crippen LogP contribution in [0.25, 0.3) is 0 Å². The van der Waals surface area contributed by atoms with Gasteiger partial charge in [-0.2, -0.15) is 11.8 Å². The van der Waals surface area contributed by atoms with Crippen LogP contribution in [0.1, 0.15) is 0 Å². The van der Waals surface area contributed by atoms with Gasteiger partial charge in [-0.3, -0.25) is 9.59 Å². The van der Waals surface area contributed by atoms with Gasteiger partial charge in [-0.15, -0.1) is 12.4 Å². The molecule has 0 spiro atoms. The maximum Gasteiger partial charge on any atom is 0.307 e. The molecule has 1 saturated carbocycles. The largest absolute Gasteiger partial charge is 0.481 e. The summed E-state index contributed by atoms with van der Waals surface area (Å²) < 4.78 is 0. The number of hydrogen-bond donors (Lipinski definition) is 2. The topological polar surface area (TPSA) is 74.6 Å². The molecule has 13 heavy (non-hydrogen) atoms. The van der Waals surface area contributed by atoms with Crippen LogP contribution in [-0.4, -0.2) is 33.2 Å². The number of carboxylic acid groups (broad SMARTS) is 2. The summed E-state index contributed by atoms with van der Waals surface area (Å²) in [4.78, 5) is 21.1. The molecule has 4 unspecified atom stereocenters. The van der Waals surface area contributed by atoms with E-state index in [4.69, 9.17) is 10.2 Å². The van der Waals surface area contributed by atoms with Gasteiger partial charge in [0, 0.05) is 11.0 Å². The van der Waals surface area contributed by atoms with Gasteiger partial charge < -0.3 is 10.2 Å². The van der Waals surface area contributed by atoms with Gasteiger partial charge in [-0.05, 0) is 5.92 Å². The van der Waals surface area contributed by atoms with E-state index in [1.807, 2.05) is 0 Å². The predicted octanol–water partition coefficient (Wildman–Crippen LogP) is 0.555. The Labute approximate surface area is 85.1 Å². The summed E-state index contributed by atoms with van der Waals surface area (Å²) in [5.41, 5.74) is 0. The van der Waals surface area contributed by atoms with E-state index >= 15 is 0 Å². The minimum Gasteiger partial charge on any atom is -0.481 e. The van der Waals surface area contributed by atoms with Crippen LogP contribution in [0.2, 0.25) is 0 Å². The van der Waals surface area contributed by atoms with Crippen molar-refractivity contribution in [2.45, 2.75) is 5.25 Å². The number of carboxylic acids is 2. The van der Waals surface area contributed by atoms with Crippen molar-refractivity contribution >= 4 is 36.1 Å². The molecule has 0 amide bonds. The van der Waals surface area contributed by atoms with E-state index in [1.165, 1.54) is 11.8 Å². The van der Waals surface area contributed by atoms with Crippen molar-refractivity contribution in [2.24, 2.45) is 17.8 Å². The molecule has 1 aliphatic heterocycles. The lowest BCUT2D eigenvalue weighted by molar-refractivity contribution is -0.142. The van der Waals surface area contributed by atoms with Crippen LogP contribution in [-0.2, 0) is 9.59 Å². The third-order valence-electron chi connectivity index (χ3n) is 2.54. The molecule has 4 atom stereocenters. The second-order valence-corrected chi connectivity index (χ2v) is 4.40. The van der Waals surface area contributed by atoms with E-state index in [9.17, 15) is 9.59 Å². The third kappa shape index (κ3) is 1.50. The Bertz CT molecular complexity index is 257. The Kier molecular flexibility index (Phi) is 2.77. The lowest BCUT2D eigenvalue weighted by Gasteiger charge is -2.05. The smallest absolute Gasteiger partial charge is 0.307 e. The second kappa shape index (κ2) is 3.38. The van der Waals surface area contributed by atoms with Crippen molar-refractivity contribution in [3.63, 3.8) is 0 Å². The number of fused-ring (bicyclic) bond motifs is 1. The fourth-order valence-electron chi connectivity index (χ4n) is 1.87. The maximum absolute atomic E-state index is 10.6. The number of aliphatic carboxylic acids is 2.